The first kappa shape index (κ1) is 28.4. The minimum atomic E-state index is -0.472. The van der Waals surface area contributed by atoms with Gasteiger partial charge in [0.2, 0.25) is 0 Å². The minimum absolute atomic E-state index is 0.00808. The molecule has 220 valence electrons. The number of benzene rings is 2. The van der Waals surface area contributed by atoms with Gasteiger partial charge in [-0.1, -0.05) is 12.1 Å². The molecule has 1 amide bonds. The zero-order valence-corrected chi connectivity index (χ0v) is 23.9. The summed E-state index contributed by atoms with van der Waals surface area (Å²) in [6.45, 7) is 2.64. The van der Waals surface area contributed by atoms with E-state index in [1.54, 1.807) is 6.07 Å². The maximum atomic E-state index is 15.2. The van der Waals surface area contributed by atoms with Crippen molar-refractivity contribution in [1.82, 2.24) is 20.8 Å². The second-order valence-electron chi connectivity index (χ2n) is 10.4. The number of hydrogen-bond acceptors (Lipinski definition) is 8. The van der Waals surface area contributed by atoms with Gasteiger partial charge in [0, 0.05) is 35.7 Å². The molecule has 2 aromatic heterocycles. The van der Waals surface area contributed by atoms with Crippen LogP contribution in [-0.2, 0) is 22.4 Å². The fourth-order valence-corrected chi connectivity index (χ4v) is 6.40. The third-order valence-corrected chi connectivity index (χ3v) is 8.55. The third-order valence-electron chi connectivity index (χ3n) is 7.59. The van der Waals surface area contributed by atoms with Crippen LogP contribution in [0.2, 0.25) is 0 Å². The molecule has 2 N–H and O–H groups in total. The molecule has 0 saturated heterocycles. The summed E-state index contributed by atoms with van der Waals surface area (Å²) in [7, 11) is 0. The highest BCUT2D eigenvalue weighted by Gasteiger charge is 2.22. The summed E-state index contributed by atoms with van der Waals surface area (Å²) in [5, 5.41) is 16.8. The fourth-order valence-electron chi connectivity index (χ4n) is 5.48. The number of halogens is 2. The molecule has 0 spiro atoms. The predicted octanol–water partition coefficient (Wildman–Crippen LogP) is 6.01. The molecular weight excluding hydrogens is 562 g/mol. The number of hydrogen-bond donors (Lipinski definition) is 2. The van der Waals surface area contributed by atoms with Crippen molar-refractivity contribution >= 4 is 27.5 Å². The molecular formula is C31H32F2N4O4S. The lowest BCUT2D eigenvalue weighted by atomic mass is 9.96. The van der Waals surface area contributed by atoms with E-state index >= 15 is 4.39 Å². The molecule has 1 saturated carbocycles. The normalized spacial score (nSPS) is 15.1. The number of nitrogens with one attached hydrogen (secondary N) is 2. The van der Waals surface area contributed by atoms with E-state index < -0.39 is 11.9 Å². The van der Waals surface area contributed by atoms with Crippen LogP contribution in [0.5, 0.6) is 5.75 Å². The van der Waals surface area contributed by atoms with Gasteiger partial charge in [-0.15, -0.1) is 21.5 Å². The molecule has 2 aromatic carbocycles. The Morgan fingerprint density at radius 2 is 1.88 bits per heavy atom. The summed E-state index contributed by atoms with van der Waals surface area (Å²) >= 11 is 1.23. The molecule has 0 atom stereocenters. The Bertz CT molecular complexity index is 1570. The molecule has 8 nitrogen and oxygen atoms in total. The Labute approximate surface area is 246 Å². The highest BCUT2D eigenvalue weighted by Crippen LogP contribution is 2.41. The number of alkyl carbamates (subject to hydrolysis) is 1. The van der Waals surface area contributed by atoms with Gasteiger partial charge in [-0.2, -0.15) is 0 Å². The second-order valence-corrected chi connectivity index (χ2v) is 11.3. The van der Waals surface area contributed by atoms with E-state index in [1.165, 1.54) is 40.0 Å². The molecule has 2 aliphatic rings. The first-order chi connectivity index (χ1) is 20.6. The fraction of sp³-hybridized carbons (Fsp3) is 0.387. The van der Waals surface area contributed by atoms with Gasteiger partial charge in [-0.05, 0) is 68.0 Å². The molecule has 1 fully saturated rings. The number of rotatable bonds is 10. The van der Waals surface area contributed by atoms with Crippen molar-refractivity contribution in [3.05, 3.63) is 64.5 Å². The van der Waals surface area contributed by atoms with Crippen molar-refractivity contribution in [2.24, 2.45) is 0 Å². The van der Waals surface area contributed by atoms with Crippen LogP contribution in [-0.4, -0.2) is 55.3 Å². The lowest BCUT2D eigenvalue weighted by Crippen LogP contribution is -2.30. The molecule has 42 heavy (non-hydrogen) atoms. The van der Waals surface area contributed by atoms with Gasteiger partial charge in [0.05, 0.1) is 23.3 Å². The van der Waals surface area contributed by atoms with Gasteiger partial charge in [0.1, 0.15) is 41.5 Å². The van der Waals surface area contributed by atoms with Crippen molar-refractivity contribution in [1.29, 1.82) is 0 Å². The molecule has 0 unspecified atom stereocenters. The van der Waals surface area contributed by atoms with E-state index in [4.69, 9.17) is 14.2 Å². The Kier molecular flexibility index (Phi) is 8.87. The average molecular weight is 595 g/mol. The van der Waals surface area contributed by atoms with Gasteiger partial charge in [0.15, 0.2) is 0 Å². The summed E-state index contributed by atoms with van der Waals surface area (Å²) in [5.41, 5.74) is 4.65. The number of carbonyl (C=O) groups excluding carboxylic acids is 1. The van der Waals surface area contributed by atoms with E-state index in [0.29, 0.717) is 33.6 Å². The van der Waals surface area contributed by atoms with Gasteiger partial charge in [0.25, 0.3) is 0 Å². The number of thiophene rings is 1. The van der Waals surface area contributed by atoms with Gasteiger partial charge < -0.3 is 24.8 Å². The molecule has 0 bridgehead atoms. The number of fused-ring (bicyclic) bond motifs is 2. The van der Waals surface area contributed by atoms with Crippen molar-refractivity contribution < 1.29 is 27.8 Å². The van der Waals surface area contributed by atoms with Crippen LogP contribution in [0, 0.1) is 11.6 Å². The van der Waals surface area contributed by atoms with E-state index in [-0.39, 0.29) is 37.5 Å². The Morgan fingerprint density at radius 1 is 1.02 bits per heavy atom. The Morgan fingerprint density at radius 3 is 2.76 bits per heavy atom. The van der Waals surface area contributed by atoms with Crippen LogP contribution in [0.25, 0.3) is 32.6 Å². The molecule has 6 rings (SSSR count). The van der Waals surface area contributed by atoms with Crippen molar-refractivity contribution in [2.45, 2.75) is 44.8 Å². The van der Waals surface area contributed by atoms with Gasteiger partial charge in [-0.25, -0.2) is 13.6 Å². The molecule has 3 heterocycles. The van der Waals surface area contributed by atoms with Gasteiger partial charge >= 0.3 is 6.09 Å². The Hall–Kier alpha value is -3.67. The molecule has 0 radical (unpaired) electrons. The van der Waals surface area contributed by atoms with E-state index in [1.807, 2.05) is 12.1 Å². The molecule has 1 aliphatic carbocycles. The SMILES string of the molecule is O=C(NCCOCCOc1cc(F)ccc1-c1nnc(-c2ccc3c(c2)CNCC3)c2c(F)csc12)OC1CCCC1. The molecule has 11 heteroatoms. The van der Waals surface area contributed by atoms with Crippen LogP contribution in [0.15, 0.2) is 41.8 Å². The highest BCUT2D eigenvalue weighted by atomic mass is 32.1. The third kappa shape index (κ3) is 6.38. The summed E-state index contributed by atoms with van der Waals surface area (Å²) in [6.07, 6.45) is 4.54. The van der Waals surface area contributed by atoms with E-state index in [2.05, 4.69) is 26.9 Å². The van der Waals surface area contributed by atoms with Crippen LogP contribution < -0.4 is 15.4 Å². The number of nitrogens with zero attached hydrogens (tertiary/aromatic N) is 2. The summed E-state index contributed by atoms with van der Waals surface area (Å²) in [4.78, 5) is 11.8. The standard InChI is InChI=1S/C31H32F2N4O4S/c32-22-7-8-24(26(16-22)40-14-13-39-12-11-35-31(38)41-23-3-1-2-4-23)29-30-27(25(33)18-42-30)28(36-37-29)20-6-5-19-9-10-34-17-21(19)15-20/h5-8,15-16,18,23,34H,1-4,9-14,17H2,(H,35,38). The van der Waals surface area contributed by atoms with Crippen LogP contribution >= 0.6 is 11.3 Å². The first-order valence-corrected chi connectivity index (χ1v) is 15.2. The van der Waals surface area contributed by atoms with Crippen LogP contribution in [0.3, 0.4) is 0 Å². The largest absolute Gasteiger partial charge is 0.490 e. The highest BCUT2D eigenvalue weighted by molar-refractivity contribution is 7.17. The summed E-state index contributed by atoms with van der Waals surface area (Å²) in [5.74, 6) is -0.593. The van der Waals surface area contributed by atoms with E-state index in [9.17, 15) is 9.18 Å². The van der Waals surface area contributed by atoms with E-state index in [0.717, 1.165) is 50.8 Å². The molecule has 1 aliphatic heterocycles. The summed E-state index contributed by atoms with van der Waals surface area (Å²) < 4.78 is 46.8. The lowest BCUT2D eigenvalue weighted by Gasteiger charge is -2.18. The topological polar surface area (TPSA) is 94.6 Å². The number of carbonyl (C=O) groups is 1. The smallest absolute Gasteiger partial charge is 0.407 e. The van der Waals surface area contributed by atoms with Crippen molar-refractivity contribution in [3.8, 4) is 28.3 Å². The minimum Gasteiger partial charge on any atom is -0.490 e. The maximum absolute atomic E-state index is 15.2. The maximum Gasteiger partial charge on any atom is 0.407 e. The monoisotopic (exact) mass is 594 g/mol. The zero-order chi connectivity index (χ0) is 28.9. The predicted molar refractivity (Wildman–Crippen MR) is 157 cm³/mol. The lowest BCUT2D eigenvalue weighted by molar-refractivity contribution is 0.0857. The van der Waals surface area contributed by atoms with Gasteiger partial charge in [-0.3, -0.25) is 0 Å². The van der Waals surface area contributed by atoms with Crippen LogP contribution in [0.1, 0.15) is 36.8 Å². The number of amides is 1. The molecule has 4 aromatic rings. The van der Waals surface area contributed by atoms with Crippen molar-refractivity contribution in [3.63, 3.8) is 0 Å². The average Bonchev–Trinajstić information content (AvgIpc) is 3.66. The van der Waals surface area contributed by atoms with Crippen molar-refractivity contribution in [2.75, 3.05) is 32.9 Å². The quantitative estimate of drug-likeness (QED) is 0.217. The zero-order valence-electron chi connectivity index (χ0n) is 23.1. The Balaban J connectivity index is 1.13. The number of aromatic nitrogens is 2. The second kappa shape index (κ2) is 13.1. The van der Waals surface area contributed by atoms with Crippen LogP contribution in [0.4, 0.5) is 13.6 Å². The summed E-state index contributed by atoms with van der Waals surface area (Å²) in [6, 6.07) is 10.2. The number of ether oxygens (including phenoxy) is 3. The first-order valence-electron chi connectivity index (χ1n) is 14.3.